The molecule has 0 aromatic carbocycles. The van der Waals surface area contributed by atoms with Crippen LogP contribution in [0.5, 0.6) is 0 Å². The summed E-state index contributed by atoms with van der Waals surface area (Å²) in [5, 5.41) is 14.2. The summed E-state index contributed by atoms with van der Waals surface area (Å²) in [7, 11) is 0. The molecule has 1 fully saturated rings. The SMILES string of the molecule is Cc1nnc(SCC(=O)NCCN2CCNC2=O)s1. The van der Waals surface area contributed by atoms with Crippen LogP contribution in [0.15, 0.2) is 4.34 Å². The number of urea groups is 1. The van der Waals surface area contributed by atoms with Crippen molar-refractivity contribution in [3.63, 3.8) is 0 Å². The highest BCUT2D eigenvalue weighted by atomic mass is 32.2. The number of carbonyl (C=O) groups is 2. The third-order valence-electron chi connectivity index (χ3n) is 2.48. The van der Waals surface area contributed by atoms with Crippen LogP contribution >= 0.6 is 23.1 Å². The Labute approximate surface area is 119 Å². The highest BCUT2D eigenvalue weighted by molar-refractivity contribution is 8.01. The van der Waals surface area contributed by atoms with Gasteiger partial charge in [-0.15, -0.1) is 10.2 Å². The topological polar surface area (TPSA) is 87.2 Å². The first-order valence-corrected chi connectivity index (χ1v) is 7.68. The van der Waals surface area contributed by atoms with Gasteiger partial charge in [0.25, 0.3) is 0 Å². The molecule has 2 N–H and O–H groups in total. The summed E-state index contributed by atoms with van der Waals surface area (Å²) in [5.74, 6) is 0.262. The van der Waals surface area contributed by atoms with Crippen molar-refractivity contribution < 1.29 is 9.59 Å². The van der Waals surface area contributed by atoms with Gasteiger partial charge < -0.3 is 15.5 Å². The Kier molecular flexibility index (Phi) is 4.97. The molecule has 1 aliphatic heterocycles. The zero-order chi connectivity index (χ0) is 13.7. The quantitative estimate of drug-likeness (QED) is 0.727. The van der Waals surface area contributed by atoms with E-state index in [0.29, 0.717) is 31.9 Å². The number of hydrogen-bond acceptors (Lipinski definition) is 6. The van der Waals surface area contributed by atoms with Gasteiger partial charge in [0.1, 0.15) is 5.01 Å². The number of carbonyl (C=O) groups excluding carboxylic acids is 2. The molecule has 0 saturated carbocycles. The standard InChI is InChI=1S/C10H15N5O2S2/c1-7-13-14-10(19-7)18-6-8(16)11-2-4-15-5-3-12-9(15)17/h2-6H2,1H3,(H,11,16)(H,12,17). The Morgan fingerprint density at radius 2 is 2.42 bits per heavy atom. The first-order chi connectivity index (χ1) is 9.15. The molecule has 1 aliphatic rings. The van der Waals surface area contributed by atoms with Crippen LogP contribution in [0.4, 0.5) is 4.79 Å². The van der Waals surface area contributed by atoms with Crippen molar-refractivity contribution in [3.8, 4) is 0 Å². The van der Waals surface area contributed by atoms with E-state index in [4.69, 9.17) is 0 Å². The Morgan fingerprint density at radius 1 is 1.58 bits per heavy atom. The number of thioether (sulfide) groups is 1. The van der Waals surface area contributed by atoms with Crippen LogP contribution < -0.4 is 10.6 Å². The van der Waals surface area contributed by atoms with Gasteiger partial charge in [-0.3, -0.25) is 4.79 Å². The van der Waals surface area contributed by atoms with Gasteiger partial charge in [-0.1, -0.05) is 23.1 Å². The number of aromatic nitrogens is 2. The van der Waals surface area contributed by atoms with Crippen molar-refractivity contribution in [2.24, 2.45) is 0 Å². The van der Waals surface area contributed by atoms with Crippen LogP contribution in [0.3, 0.4) is 0 Å². The minimum atomic E-state index is -0.0621. The summed E-state index contributed by atoms with van der Waals surface area (Å²) >= 11 is 2.85. The van der Waals surface area contributed by atoms with Crippen LogP contribution in [0.2, 0.25) is 0 Å². The van der Waals surface area contributed by atoms with Crippen molar-refractivity contribution >= 4 is 35.0 Å². The number of aryl methyl sites for hydroxylation is 1. The molecule has 0 radical (unpaired) electrons. The summed E-state index contributed by atoms with van der Waals surface area (Å²) in [5.41, 5.74) is 0. The van der Waals surface area contributed by atoms with Crippen molar-refractivity contribution in [2.75, 3.05) is 31.9 Å². The number of nitrogens with zero attached hydrogens (tertiary/aromatic N) is 3. The molecular formula is C10H15N5O2S2. The lowest BCUT2D eigenvalue weighted by Crippen LogP contribution is -2.37. The highest BCUT2D eigenvalue weighted by Gasteiger charge is 2.18. The zero-order valence-corrected chi connectivity index (χ0v) is 12.1. The normalized spacial score (nSPS) is 14.6. The Hall–Kier alpha value is -1.35. The summed E-state index contributed by atoms with van der Waals surface area (Å²) in [6, 6.07) is -0.0621. The van der Waals surface area contributed by atoms with E-state index >= 15 is 0 Å². The van der Waals surface area contributed by atoms with Crippen molar-refractivity contribution in [2.45, 2.75) is 11.3 Å². The summed E-state index contributed by atoms with van der Waals surface area (Å²) in [6.45, 7) is 4.28. The number of hydrogen-bond donors (Lipinski definition) is 2. The van der Waals surface area contributed by atoms with Gasteiger partial charge in [-0.2, -0.15) is 0 Å². The molecule has 0 unspecified atom stereocenters. The Balaban J connectivity index is 1.60. The number of amides is 3. The van der Waals surface area contributed by atoms with Crippen LogP contribution in [-0.2, 0) is 4.79 Å². The third kappa shape index (κ3) is 4.35. The van der Waals surface area contributed by atoms with Gasteiger partial charge in [-0.05, 0) is 6.92 Å². The van der Waals surface area contributed by atoms with Gasteiger partial charge in [0, 0.05) is 26.2 Å². The van der Waals surface area contributed by atoms with E-state index in [1.165, 1.54) is 23.1 Å². The first kappa shape index (κ1) is 14.1. The second-order valence-corrected chi connectivity index (χ2v) is 6.35. The maximum Gasteiger partial charge on any atom is 0.317 e. The fourth-order valence-corrected chi connectivity index (χ4v) is 3.22. The molecule has 1 aromatic heterocycles. The lowest BCUT2D eigenvalue weighted by atomic mass is 10.5. The van der Waals surface area contributed by atoms with E-state index in [-0.39, 0.29) is 11.9 Å². The molecule has 0 spiro atoms. The molecule has 2 heterocycles. The van der Waals surface area contributed by atoms with Gasteiger partial charge in [0.2, 0.25) is 5.91 Å². The molecule has 1 saturated heterocycles. The Bertz CT molecular complexity index is 465. The zero-order valence-electron chi connectivity index (χ0n) is 10.5. The van der Waals surface area contributed by atoms with Gasteiger partial charge in [-0.25, -0.2) is 4.79 Å². The van der Waals surface area contributed by atoms with E-state index in [0.717, 1.165) is 9.35 Å². The maximum absolute atomic E-state index is 11.6. The molecule has 9 heteroatoms. The lowest BCUT2D eigenvalue weighted by Gasteiger charge is -2.13. The minimum absolute atomic E-state index is 0.0579. The summed E-state index contributed by atoms with van der Waals surface area (Å²) in [4.78, 5) is 24.5. The average Bonchev–Trinajstić information content (AvgIpc) is 2.96. The predicted octanol–water partition coefficient (Wildman–Crippen LogP) is 0.0800. The molecule has 2 rings (SSSR count). The van der Waals surface area contributed by atoms with Crippen molar-refractivity contribution in [1.82, 2.24) is 25.7 Å². The summed E-state index contributed by atoms with van der Waals surface area (Å²) in [6.07, 6.45) is 0. The number of nitrogens with one attached hydrogen (secondary N) is 2. The van der Waals surface area contributed by atoms with E-state index in [2.05, 4.69) is 20.8 Å². The Morgan fingerprint density at radius 3 is 3.05 bits per heavy atom. The third-order valence-corrected chi connectivity index (χ3v) is 4.46. The van der Waals surface area contributed by atoms with E-state index in [1.807, 2.05) is 6.92 Å². The van der Waals surface area contributed by atoms with Crippen LogP contribution in [-0.4, -0.2) is 59.0 Å². The van der Waals surface area contributed by atoms with Crippen LogP contribution in [0.25, 0.3) is 0 Å². The second kappa shape index (κ2) is 6.71. The maximum atomic E-state index is 11.6. The fourth-order valence-electron chi connectivity index (χ4n) is 1.57. The predicted molar refractivity (Wildman–Crippen MR) is 73.4 cm³/mol. The first-order valence-electron chi connectivity index (χ1n) is 5.87. The molecule has 19 heavy (non-hydrogen) atoms. The molecule has 0 bridgehead atoms. The molecule has 0 aliphatic carbocycles. The van der Waals surface area contributed by atoms with E-state index in [1.54, 1.807) is 4.90 Å². The average molecular weight is 301 g/mol. The van der Waals surface area contributed by atoms with Gasteiger partial charge in [0.15, 0.2) is 4.34 Å². The van der Waals surface area contributed by atoms with Crippen LogP contribution in [0.1, 0.15) is 5.01 Å². The largest absolute Gasteiger partial charge is 0.354 e. The molecular weight excluding hydrogens is 286 g/mol. The molecule has 1 aromatic rings. The lowest BCUT2D eigenvalue weighted by molar-refractivity contribution is -0.118. The van der Waals surface area contributed by atoms with Crippen molar-refractivity contribution in [3.05, 3.63) is 5.01 Å². The van der Waals surface area contributed by atoms with Gasteiger partial charge in [0.05, 0.1) is 5.75 Å². The van der Waals surface area contributed by atoms with E-state index < -0.39 is 0 Å². The number of rotatable bonds is 6. The molecule has 104 valence electrons. The minimum Gasteiger partial charge on any atom is -0.354 e. The monoisotopic (exact) mass is 301 g/mol. The second-order valence-electron chi connectivity index (χ2n) is 3.94. The van der Waals surface area contributed by atoms with Gasteiger partial charge >= 0.3 is 6.03 Å². The summed E-state index contributed by atoms with van der Waals surface area (Å²) < 4.78 is 0.798. The highest BCUT2D eigenvalue weighted by Crippen LogP contribution is 2.21. The fraction of sp³-hybridized carbons (Fsp3) is 0.600. The molecule has 0 atom stereocenters. The van der Waals surface area contributed by atoms with E-state index in [9.17, 15) is 9.59 Å². The molecule has 3 amide bonds. The molecule has 7 nitrogen and oxygen atoms in total. The van der Waals surface area contributed by atoms with Crippen molar-refractivity contribution in [1.29, 1.82) is 0 Å². The van der Waals surface area contributed by atoms with Crippen LogP contribution in [0, 0.1) is 6.92 Å². The smallest absolute Gasteiger partial charge is 0.317 e.